The van der Waals surface area contributed by atoms with Crippen molar-refractivity contribution >= 4 is 37.7 Å². The van der Waals surface area contributed by atoms with Gasteiger partial charge in [0.25, 0.3) is 0 Å². The smallest absolute Gasteiger partial charge is 0.247 e. The van der Waals surface area contributed by atoms with Crippen LogP contribution in [0.3, 0.4) is 0 Å². The number of rotatable bonds is 6. The van der Waals surface area contributed by atoms with E-state index in [0.29, 0.717) is 35.6 Å². The predicted molar refractivity (Wildman–Crippen MR) is 114 cm³/mol. The van der Waals surface area contributed by atoms with Crippen LogP contribution in [0, 0.1) is 0 Å². The second-order valence-electron chi connectivity index (χ2n) is 6.60. The molecule has 0 unspecified atom stereocenters. The maximum atomic E-state index is 12.7. The lowest BCUT2D eigenvalue weighted by molar-refractivity contribution is 0.346. The summed E-state index contributed by atoms with van der Waals surface area (Å²) >= 11 is 4.84. The molecular weight excluding hydrogens is 476 g/mol. The highest BCUT2D eigenvalue weighted by Crippen LogP contribution is 2.26. The Bertz CT molecular complexity index is 1080. The minimum Gasteiger partial charge on any atom is -0.420 e. The Morgan fingerprint density at radius 1 is 1.10 bits per heavy atom. The van der Waals surface area contributed by atoms with Crippen molar-refractivity contribution in [1.29, 1.82) is 0 Å². The Morgan fingerprint density at radius 2 is 1.93 bits per heavy atom. The molecule has 1 aromatic carbocycles. The maximum absolute atomic E-state index is 12.7. The summed E-state index contributed by atoms with van der Waals surface area (Å²) in [5.41, 5.74) is 0.841. The summed E-state index contributed by atoms with van der Waals surface area (Å²) in [6.45, 7) is 1.16. The van der Waals surface area contributed by atoms with Gasteiger partial charge in [-0.15, -0.1) is 10.2 Å². The van der Waals surface area contributed by atoms with E-state index in [1.807, 2.05) is 24.3 Å². The molecule has 1 fully saturated rings. The lowest BCUT2D eigenvalue weighted by atomic mass is 10.2. The third kappa shape index (κ3) is 4.88. The lowest BCUT2D eigenvalue weighted by Gasteiger charge is -2.25. The summed E-state index contributed by atoms with van der Waals surface area (Å²) in [6.07, 6.45) is 4.32. The Balaban J connectivity index is 1.40. The number of pyridine rings is 1. The Hall–Kier alpha value is -1.75. The minimum atomic E-state index is -3.46. The number of benzene rings is 1. The fourth-order valence-electron chi connectivity index (χ4n) is 3.04. The van der Waals surface area contributed by atoms with Gasteiger partial charge in [-0.1, -0.05) is 40.2 Å². The first-order chi connectivity index (χ1) is 14.0. The van der Waals surface area contributed by atoms with Crippen LogP contribution in [0.5, 0.6) is 0 Å². The molecule has 0 aliphatic carbocycles. The number of halogens is 1. The van der Waals surface area contributed by atoms with Crippen molar-refractivity contribution in [3.05, 3.63) is 53.0 Å². The van der Waals surface area contributed by atoms with E-state index in [9.17, 15) is 8.42 Å². The van der Waals surface area contributed by atoms with Gasteiger partial charge < -0.3 is 4.42 Å². The van der Waals surface area contributed by atoms with Crippen LogP contribution in [0.4, 0.5) is 0 Å². The minimum absolute atomic E-state index is 0.235. The van der Waals surface area contributed by atoms with E-state index < -0.39 is 10.0 Å². The molecule has 0 amide bonds. The van der Waals surface area contributed by atoms with E-state index in [4.69, 9.17) is 4.42 Å². The number of aromatic nitrogens is 3. The molecule has 29 heavy (non-hydrogen) atoms. The van der Waals surface area contributed by atoms with Gasteiger partial charge in [0.05, 0.1) is 10.8 Å². The van der Waals surface area contributed by atoms with Crippen LogP contribution in [-0.2, 0) is 15.8 Å². The van der Waals surface area contributed by atoms with E-state index in [1.54, 1.807) is 16.4 Å². The molecule has 1 saturated heterocycles. The van der Waals surface area contributed by atoms with E-state index in [2.05, 4.69) is 31.1 Å². The summed E-state index contributed by atoms with van der Waals surface area (Å²) in [5, 5.41) is 8.85. The van der Waals surface area contributed by atoms with E-state index in [1.165, 1.54) is 18.0 Å². The van der Waals surface area contributed by atoms with Crippen LogP contribution in [0.25, 0.3) is 11.5 Å². The van der Waals surface area contributed by atoms with E-state index in [-0.39, 0.29) is 4.90 Å². The third-order valence-corrected chi connectivity index (χ3v) is 7.85. The molecule has 0 N–H and O–H groups in total. The second kappa shape index (κ2) is 8.95. The summed E-state index contributed by atoms with van der Waals surface area (Å²) in [4.78, 5) is 4.53. The largest absolute Gasteiger partial charge is 0.420 e. The van der Waals surface area contributed by atoms with Crippen molar-refractivity contribution in [3.8, 4) is 11.5 Å². The van der Waals surface area contributed by atoms with Crippen LogP contribution in [0.2, 0.25) is 0 Å². The second-order valence-corrected chi connectivity index (χ2v) is 10.4. The van der Waals surface area contributed by atoms with Gasteiger partial charge in [0.2, 0.25) is 21.8 Å². The summed E-state index contributed by atoms with van der Waals surface area (Å²) in [5.74, 6) is 1.39. The van der Waals surface area contributed by atoms with Gasteiger partial charge in [-0.25, -0.2) is 13.4 Å². The zero-order valence-electron chi connectivity index (χ0n) is 15.5. The molecule has 10 heteroatoms. The van der Waals surface area contributed by atoms with Crippen LogP contribution < -0.4 is 0 Å². The highest BCUT2D eigenvalue weighted by atomic mass is 79.9. The summed E-state index contributed by atoms with van der Waals surface area (Å²) < 4.78 is 33.6. The van der Waals surface area contributed by atoms with Gasteiger partial charge in [-0.3, -0.25) is 0 Å². The normalized spacial score (nSPS) is 15.5. The molecule has 0 atom stereocenters. The molecule has 3 aromatic rings. The van der Waals surface area contributed by atoms with Gasteiger partial charge >= 0.3 is 0 Å². The SMILES string of the molecule is O=S(=O)(c1ccc(SCc2nnc(-c3cccc(Br)c3)o2)nc1)N1CCCCC1. The van der Waals surface area contributed by atoms with Crippen LogP contribution in [0.15, 0.2) is 61.4 Å². The van der Waals surface area contributed by atoms with Crippen molar-refractivity contribution in [3.63, 3.8) is 0 Å². The Kier molecular flexibility index (Phi) is 6.33. The maximum Gasteiger partial charge on any atom is 0.247 e. The topological polar surface area (TPSA) is 89.2 Å². The molecule has 1 aliphatic rings. The van der Waals surface area contributed by atoms with E-state index >= 15 is 0 Å². The number of thioether (sulfide) groups is 1. The molecule has 0 bridgehead atoms. The fraction of sp³-hybridized carbons (Fsp3) is 0.316. The molecule has 0 spiro atoms. The van der Waals surface area contributed by atoms with Crippen molar-refractivity contribution < 1.29 is 12.8 Å². The zero-order valence-corrected chi connectivity index (χ0v) is 18.7. The van der Waals surface area contributed by atoms with Gasteiger partial charge in [0.15, 0.2) is 0 Å². The van der Waals surface area contributed by atoms with Crippen LogP contribution >= 0.6 is 27.7 Å². The predicted octanol–water partition coefficient (Wildman–Crippen LogP) is 4.36. The average molecular weight is 495 g/mol. The van der Waals surface area contributed by atoms with E-state index in [0.717, 1.165) is 29.3 Å². The van der Waals surface area contributed by atoms with Crippen molar-refractivity contribution in [2.24, 2.45) is 0 Å². The molecule has 7 nitrogen and oxygen atoms in total. The molecule has 2 aromatic heterocycles. The number of hydrogen-bond donors (Lipinski definition) is 0. The highest BCUT2D eigenvalue weighted by molar-refractivity contribution is 9.10. The molecule has 4 rings (SSSR count). The lowest BCUT2D eigenvalue weighted by Crippen LogP contribution is -2.35. The number of hydrogen-bond acceptors (Lipinski definition) is 7. The molecule has 0 radical (unpaired) electrons. The monoisotopic (exact) mass is 494 g/mol. The first-order valence-corrected chi connectivity index (χ1v) is 12.4. The standard InChI is InChI=1S/C19H19BrN4O3S2/c20-15-6-4-5-14(11-15)19-23-22-17(27-19)13-28-18-8-7-16(12-21-18)29(25,26)24-9-2-1-3-10-24/h4-8,11-12H,1-3,9-10,13H2. The Morgan fingerprint density at radius 3 is 2.66 bits per heavy atom. The number of sulfonamides is 1. The zero-order chi connectivity index (χ0) is 20.3. The van der Waals surface area contributed by atoms with Gasteiger partial charge in [-0.2, -0.15) is 4.31 Å². The number of piperidine rings is 1. The van der Waals surface area contributed by atoms with Gasteiger partial charge in [0, 0.05) is 29.3 Å². The molecule has 3 heterocycles. The highest BCUT2D eigenvalue weighted by Gasteiger charge is 2.26. The van der Waals surface area contributed by atoms with Gasteiger partial charge in [-0.05, 0) is 43.2 Å². The number of nitrogens with zero attached hydrogens (tertiary/aromatic N) is 4. The summed E-state index contributed by atoms with van der Waals surface area (Å²) in [7, 11) is -3.46. The van der Waals surface area contributed by atoms with Crippen LogP contribution in [0.1, 0.15) is 25.2 Å². The average Bonchev–Trinajstić information content (AvgIpc) is 3.22. The first kappa shape index (κ1) is 20.5. The fourth-order valence-corrected chi connectivity index (χ4v) is 5.59. The molecular formula is C19H19BrN4O3S2. The molecule has 1 aliphatic heterocycles. The van der Waals surface area contributed by atoms with Crippen molar-refractivity contribution in [1.82, 2.24) is 19.5 Å². The van der Waals surface area contributed by atoms with Gasteiger partial charge in [0.1, 0.15) is 4.90 Å². The van der Waals surface area contributed by atoms with Crippen molar-refractivity contribution in [2.45, 2.75) is 34.9 Å². The molecule has 152 valence electrons. The van der Waals surface area contributed by atoms with Crippen LogP contribution in [-0.4, -0.2) is 41.0 Å². The first-order valence-electron chi connectivity index (χ1n) is 9.20. The quantitative estimate of drug-likeness (QED) is 0.470. The third-order valence-electron chi connectivity index (χ3n) is 4.54. The molecule has 0 saturated carbocycles. The Labute approximate surface area is 182 Å². The van der Waals surface area contributed by atoms with Crippen molar-refractivity contribution in [2.75, 3.05) is 13.1 Å². The summed E-state index contributed by atoms with van der Waals surface area (Å²) in [6, 6.07) is 11.0.